The van der Waals surface area contributed by atoms with Gasteiger partial charge >= 0.3 is 0 Å². The lowest BCUT2D eigenvalue weighted by Crippen LogP contribution is -2.33. The largest absolute Gasteiger partial charge is 0.370 e. The zero-order valence-corrected chi connectivity index (χ0v) is 13.6. The van der Waals surface area contributed by atoms with E-state index in [1.54, 1.807) is 0 Å². The Hall–Kier alpha value is -0.740. The number of pyridine rings is 1. The molecule has 1 aromatic rings. The Labute approximate surface area is 122 Å². The summed E-state index contributed by atoms with van der Waals surface area (Å²) in [4.78, 5) is 6.95. The first-order valence-corrected chi connectivity index (χ1v) is 8.42. The van der Waals surface area contributed by atoms with Gasteiger partial charge in [0.15, 0.2) is 0 Å². The molecular formula is C15H27N3S. The number of aromatic nitrogens is 1. The van der Waals surface area contributed by atoms with Crippen LogP contribution < -0.4 is 10.2 Å². The Kier molecular flexibility index (Phi) is 7.24. The van der Waals surface area contributed by atoms with Gasteiger partial charge in [0.2, 0.25) is 0 Å². The normalized spacial score (nSPS) is 14.2. The van der Waals surface area contributed by atoms with E-state index in [0.29, 0.717) is 12.1 Å². The third-order valence-electron chi connectivity index (χ3n) is 3.67. The molecule has 0 saturated carbocycles. The summed E-state index contributed by atoms with van der Waals surface area (Å²) in [7, 11) is 4.15. The van der Waals surface area contributed by atoms with Crippen LogP contribution in [-0.4, -0.2) is 37.1 Å². The Bertz CT molecular complexity index is 349. The van der Waals surface area contributed by atoms with Crippen molar-refractivity contribution in [1.82, 2.24) is 10.3 Å². The van der Waals surface area contributed by atoms with Gasteiger partial charge in [-0.3, -0.25) is 4.98 Å². The Morgan fingerprint density at radius 2 is 2.05 bits per heavy atom. The summed E-state index contributed by atoms with van der Waals surface area (Å²) < 4.78 is 0. The summed E-state index contributed by atoms with van der Waals surface area (Å²) in [5, 5.41) is 3.29. The molecule has 1 N–H and O–H groups in total. The van der Waals surface area contributed by atoms with Crippen LogP contribution in [-0.2, 0) is 0 Å². The third-order valence-corrected chi connectivity index (χ3v) is 4.39. The highest BCUT2D eigenvalue weighted by Crippen LogP contribution is 2.21. The molecule has 0 aliphatic heterocycles. The van der Waals surface area contributed by atoms with Crippen molar-refractivity contribution in [2.45, 2.75) is 38.8 Å². The standard InChI is InChI=1S/C15H27N3S/c1-6-12(11-19-5)18(4)13-8-9-15(17-10-13)14(7-2)16-3/h8-10,12,14,16H,6-7,11H2,1-5H3. The number of hydrogen-bond acceptors (Lipinski definition) is 4. The number of anilines is 1. The fourth-order valence-corrected chi connectivity index (χ4v) is 3.12. The zero-order valence-electron chi connectivity index (χ0n) is 12.8. The molecule has 1 heterocycles. The molecule has 4 heteroatoms. The monoisotopic (exact) mass is 281 g/mol. The van der Waals surface area contributed by atoms with Gasteiger partial charge in [-0.15, -0.1) is 0 Å². The lowest BCUT2D eigenvalue weighted by atomic mass is 10.1. The second-order valence-corrected chi connectivity index (χ2v) is 5.73. The molecule has 0 amide bonds. The van der Waals surface area contributed by atoms with Gasteiger partial charge in [-0.1, -0.05) is 13.8 Å². The molecule has 19 heavy (non-hydrogen) atoms. The highest BCUT2D eigenvalue weighted by Gasteiger charge is 2.14. The Morgan fingerprint density at radius 3 is 2.47 bits per heavy atom. The van der Waals surface area contributed by atoms with Gasteiger partial charge in [0.1, 0.15) is 0 Å². The molecule has 0 aliphatic carbocycles. The molecule has 1 aromatic heterocycles. The summed E-state index contributed by atoms with van der Waals surface area (Å²) >= 11 is 1.90. The maximum Gasteiger partial charge on any atom is 0.0574 e. The van der Waals surface area contributed by atoms with Gasteiger partial charge < -0.3 is 10.2 Å². The molecule has 0 aromatic carbocycles. The van der Waals surface area contributed by atoms with E-state index in [1.165, 1.54) is 5.69 Å². The summed E-state index contributed by atoms with van der Waals surface area (Å²) in [5.41, 5.74) is 2.33. The summed E-state index contributed by atoms with van der Waals surface area (Å²) in [6.45, 7) is 4.42. The molecular weight excluding hydrogens is 254 g/mol. The van der Waals surface area contributed by atoms with E-state index in [1.807, 2.05) is 25.0 Å². The minimum Gasteiger partial charge on any atom is -0.370 e. The summed E-state index contributed by atoms with van der Waals surface area (Å²) in [5.74, 6) is 1.16. The first kappa shape index (κ1) is 16.3. The van der Waals surface area contributed by atoms with Crippen LogP contribution in [0.25, 0.3) is 0 Å². The van der Waals surface area contributed by atoms with Crippen LogP contribution in [0.1, 0.15) is 38.4 Å². The fraction of sp³-hybridized carbons (Fsp3) is 0.667. The minimum atomic E-state index is 0.354. The first-order chi connectivity index (χ1) is 9.17. The second kappa shape index (κ2) is 8.43. The number of nitrogens with zero attached hydrogens (tertiary/aromatic N) is 2. The first-order valence-electron chi connectivity index (χ1n) is 7.02. The number of rotatable bonds is 8. The van der Waals surface area contributed by atoms with Crippen molar-refractivity contribution < 1.29 is 0 Å². The maximum atomic E-state index is 4.61. The molecule has 0 bridgehead atoms. The average molecular weight is 281 g/mol. The van der Waals surface area contributed by atoms with Gasteiger partial charge in [-0.2, -0.15) is 11.8 Å². The van der Waals surface area contributed by atoms with Crippen molar-refractivity contribution in [3.8, 4) is 0 Å². The van der Waals surface area contributed by atoms with Gasteiger partial charge in [-0.25, -0.2) is 0 Å². The summed E-state index contributed by atoms with van der Waals surface area (Å²) in [6, 6.07) is 5.26. The number of nitrogens with one attached hydrogen (secondary N) is 1. The van der Waals surface area contributed by atoms with Crippen molar-refractivity contribution in [2.75, 3.05) is 31.0 Å². The minimum absolute atomic E-state index is 0.354. The van der Waals surface area contributed by atoms with E-state index in [2.05, 4.69) is 54.5 Å². The van der Waals surface area contributed by atoms with Crippen LogP contribution in [0, 0.1) is 0 Å². The summed E-state index contributed by atoms with van der Waals surface area (Å²) in [6.07, 6.45) is 6.38. The van der Waals surface area contributed by atoms with Crippen LogP contribution in [0.3, 0.4) is 0 Å². The van der Waals surface area contributed by atoms with E-state index < -0.39 is 0 Å². The SMILES string of the molecule is CCC(NC)c1ccc(N(C)C(CC)CSC)cn1. The molecule has 0 fully saturated rings. The second-order valence-electron chi connectivity index (χ2n) is 4.82. The van der Waals surface area contributed by atoms with Gasteiger partial charge in [-0.05, 0) is 38.3 Å². The average Bonchev–Trinajstić information content (AvgIpc) is 2.46. The van der Waals surface area contributed by atoms with E-state index in [4.69, 9.17) is 0 Å². The third kappa shape index (κ3) is 4.39. The van der Waals surface area contributed by atoms with Crippen LogP contribution in [0.5, 0.6) is 0 Å². The molecule has 0 spiro atoms. The predicted molar refractivity (Wildman–Crippen MR) is 87.2 cm³/mol. The quantitative estimate of drug-likeness (QED) is 0.791. The van der Waals surface area contributed by atoms with Gasteiger partial charge in [0, 0.05) is 24.9 Å². The topological polar surface area (TPSA) is 28.2 Å². The molecule has 0 radical (unpaired) electrons. The van der Waals surface area contributed by atoms with E-state index in [-0.39, 0.29) is 0 Å². The van der Waals surface area contributed by atoms with Crippen molar-refractivity contribution in [2.24, 2.45) is 0 Å². The predicted octanol–water partition coefficient (Wildman–Crippen LogP) is 3.33. The molecule has 108 valence electrons. The van der Waals surface area contributed by atoms with Crippen molar-refractivity contribution in [1.29, 1.82) is 0 Å². The van der Waals surface area contributed by atoms with E-state index in [0.717, 1.165) is 24.3 Å². The van der Waals surface area contributed by atoms with Crippen LogP contribution >= 0.6 is 11.8 Å². The molecule has 3 nitrogen and oxygen atoms in total. The zero-order chi connectivity index (χ0) is 14.3. The van der Waals surface area contributed by atoms with Crippen molar-refractivity contribution >= 4 is 17.4 Å². The van der Waals surface area contributed by atoms with Crippen LogP contribution in [0.2, 0.25) is 0 Å². The maximum absolute atomic E-state index is 4.61. The molecule has 0 aliphatic rings. The smallest absolute Gasteiger partial charge is 0.0574 e. The Balaban J connectivity index is 2.79. The van der Waals surface area contributed by atoms with Crippen LogP contribution in [0.15, 0.2) is 18.3 Å². The lowest BCUT2D eigenvalue weighted by molar-refractivity contribution is 0.561. The highest BCUT2D eigenvalue weighted by atomic mass is 32.2. The molecule has 1 rings (SSSR count). The highest BCUT2D eigenvalue weighted by molar-refractivity contribution is 7.98. The lowest BCUT2D eigenvalue weighted by Gasteiger charge is -2.28. The van der Waals surface area contributed by atoms with Gasteiger partial charge in [0.05, 0.1) is 17.6 Å². The van der Waals surface area contributed by atoms with Crippen LogP contribution in [0.4, 0.5) is 5.69 Å². The fourth-order valence-electron chi connectivity index (χ4n) is 2.28. The van der Waals surface area contributed by atoms with Crippen molar-refractivity contribution in [3.05, 3.63) is 24.0 Å². The van der Waals surface area contributed by atoms with E-state index >= 15 is 0 Å². The molecule has 2 unspecified atom stereocenters. The molecule has 2 atom stereocenters. The van der Waals surface area contributed by atoms with Gasteiger partial charge in [0.25, 0.3) is 0 Å². The Morgan fingerprint density at radius 1 is 1.32 bits per heavy atom. The van der Waals surface area contributed by atoms with E-state index in [9.17, 15) is 0 Å². The molecule has 0 saturated heterocycles. The number of thioether (sulfide) groups is 1. The van der Waals surface area contributed by atoms with Crippen molar-refractivity contribution in [3.63, 3.8) is 0 Å². The number of hydrogen-bond donors (Lipinski definition) is 1.